The van der Waals surface area contributed by atoms with Gasteiger partial charge in [-0.2, -0.15) is 18.4 Å². The van der Waals surface area contributed by atoms with Gasteiger partial charge in [-0.15, -0.1) is 0 Å². The van der Waals surface area contributed by atoms with E-state index in [1.54, 1.807) is 41.7 Å². The van der Waals surface area contributed by atoms with E-state index in [4.69, 9.17) is 4.74 Å². The van der Waals surface area contributed by atoms with Gasteiger partial charge in [0.25, 0.3) is 5.91 Å². The van der Waals surface area contributed by atoms with E-state index < -0.39 is 29.8 Å². The molecule has 1 saturated heterocycles. The molecule has 0 radical (unpaired) electrons. The number of alkyl carbamates (subject to hydrolysis) is 1. The summed E-state index contributed by atoms with van der Waals surface area (Å²) in [7, 11) is 0. The number of carbonyl (C=O) groups is 2. The second kappa shape index (κ2) is 11.0. The number of alkyl halides is 3. The fourth-order valence-corrected chi connectivity index (χ4v) is 4.66. The minimum atomic E-state index is -5.10. The van der Waals surface area contributed by atoms with Gasteiger partial charge in [-0.05, 0) is 30.5 Å². The maximum atomic E-state index is 14.0. The number of hydrogen-bond donors (Lipinski definition) is 3. The van der Waals surface area contributed by atoms with Crippen LogP contribution in [0.3, 0.4) is 0 Å². The molecule has 1 aliphatic rings. The molecule has 3 aromatic rings. The Morgan fingerprint density at radius 1 is 1.18 bits per heavy atom. The van der Waals surface area contributed by atoms with Gasteiger partial charge in [0.15, 0.2) is 0 Å². The first-order valence-corrected chi connectivity index (χ1v) is 11.8. The number of nitrogens with one attached hydrogen (secondary N) is 3. The number of rotatable bonds is 6. The Labute approximate surface area is 216 Å². The molecule has 0 spiro atoms. The zero-order valence-corrected chi connectivity index (χ0v) is 20.4. The van der Waals surface area contributed by atoms with Crippen LogP contribution in [0.1, 0.15) is 30.0 Å². The van der Waals surface area contributed by atoms with Crippen molar-refractivity contribution in [2.24, 2.45) is 5.92 Å². The summed E-state index contributed by atoms with van der Waals surface area (Å²) in [6, 6.07) is 10.7. The lowest BCUT2D eigenvalue weighted by molar-refractivity contribution is -0.169. The van der Waals surface area contributed by atoms with Crippen LogP contribution in [-0.4, -0.2) is 47.3 Å². The van der Waals surface area contributed by atoms with Gasteiger partial charge in [-0.1, -0.05) is 43.3 Å². The lowest BCUT2D eigenvalue weighted by atomic mass is 9.77. The molecule has 1 unspecified atom stereocenters. The first-order chi connectivity index (χ1) is 18.1. The van der Waals surface area contributed by atoms with Gasteiger partial charge in [0.1, 0.15) is 18.2 Å². The maximum absolute atomic E-state index is 14.0. The minimum absolute atomic E-state index is 0.0282. The summed E-state index contributed by atoms with van der Waals surface area (Å²) in [6.45, 7) is 2.32. The number of hydrogen-bond acceptors (Lipinski definition) is 7. The molecule has 3 atom stereocenters. The number of benzene rings is 2. The molecule has 2 aromatic carbocycles. The summed E-state index contributed by atoms with van der Waals surface area (Å²) in [5, 5.41) is 16.8. The van der Waals surface area contributed by atoms with E-state index >= 15 is 0 Å². The van der Waals surface area contributed by atoms with Gasteiger partial charge >= 0.3 is 12.3 Å². The Morgan fingerprint density at radius 2 is 1.89 bits per heavy atom. The van der Waals surface area contributed by atoms with Crippen molar-refractivity contribution in [3.63, 3.8) is 0 Å². The molecular formula is C26H25F3N6O3. The van der Waals surface area contributed by atoms with Crippen molar-refractivity contribution in [2.45, 2.75) is 37.7 Å². The Kier molecular flexibility index (Phi) is 7.78. The summed E-state index contributed by atoms with van der Waals surface area (Å²) in [6.07, 6.45) is -3.38. The fourth-order valence-electron chi connectivity index (χ4n) is 4.66. The molecule has 1 fully saturated rings. The zero-order valence-electron chi connectivity index (χ0n) is 20.4. The van der Waals surface area contributed by atoms with Crippen LogP contribution in [0.5, 0.6) is 0 Å². The lowest BCUT2D eigenvalue weighted by Crippen LogP contribution is -2.63. The van der Waals surface area contributed by atoms with Crippen molar-refractivity contribution in [3.05, 3.63) is 71.5 Å². The summed E-state index contributed by atoms with van der Waals surface area (Å²) < 4.78 is 46.9. The van der Waals surface area contributed by atoms with Crippen LogP contribution in [0.15, 0.2) is 54.9 Å². The predicted molar refractivity (Wildman–Crippen MR) is 130 cm³/mol. The second-order valence-electron chi connectivity index (χ2n) is 9.22. The van der Waals surface area contributed by atoms with Gasteiger partial charge in [-0.3, -0.25) is 14.8 Å². The van der Waals surface area contributed by atoms with Gasteiger partial charge in [0.2, 0.25) is 6.04 Å². The molecule has 2 amide bonds. The highest BCUT2D eigenvalue weighted by atomic mass is 19.4. The first-order valence-electron chi connectivity index (χ1n) is 11.8. The molecule has 9 nitrogen and oxygen atoms in total. The van der Waals surface area contributed by atoms with E-state index in [-0.39, 0.29) is 36.6 Å². The molecule has 3 N–H and O–H groups in total. The van der Waals surface area contributed by atoms with Gasteiger partial charge < -0.3 is 20.7 Å². The number of nitrogens with zero attached hydrogens (tertiary/aromatic N) is 3. The number of carbonyl (C=O) groups excluding carboxylic acids is 2. The molecule has 12 heteroatoms. The van der Waals surface area contributed by atoms with Crippen LogP contribution < -0.4 is 16.0 Å². The van der Waals surface area contributed by atoms with Crippen LogP contribution in [0.2, 0.25) is 0 Å². The van der Waals surface area contributed by atoms with Gasteiger partial charge in [0.05, 0.1) is 16.6 Å². The van der Waals surface area contributed by atoms with E-state index in [1.165, 1.54) is 18.5 Å². The van der Waals surface area contributed by atoms with Crippen molar-refractivity contribution in [1.29, 1.82) is 5.26 Å². The second-order valence-corrected chi connectivity index (χ2v) is 9.22. The predicted octanol–water partition coefficient (Wildman–Crippen LogP) is 3.30. The van der Waals surface area contributed by atoms with Crippen LogP contribution in [0.25, 0.3) is 11.0 Å². The molecular weight excluding hydrogens is 501 g/mol. The normalized spacial score (nSPS) is 20.2. The highest BCUT2D eigenvalue weighted by molar-refractivity contribution is 5.89. The van der Waals surface area contributed by atoms with E-state index in [9.17, 15) is 28.0 Å². The highest BCUT2D eigenvalue weighted by Gasteiger charge is 2.50. The maximum Gasteiger partial charge on any atom is 0.417 e. The molecule has 0 aliphatic carbocycles. The molecule has 4 rings (SSSR count). The van der Waals surface area contributed by atoms with Gasteiger partial charge in [-0.25, -0.2) is 4.79 Å². The van der Waals surface area contributed by atoms with Crippen molar-refractivity contribution in [3.8, 4) is 6.07 Å². The smallest absolute Gasteiger partial charge is 0.417 e. The number of fused-ring (bicyclic) bond motifs is 1. The first kappa shape index (κ1) is 26.8. The van der Waals surface area contributed by atoms with Crippen LogP contribution in [0, 0.1) is 17.2 Å². The number of nitriles is 1. The molecule has 0 saturated carbocycles. The Hall–Kier alpha value is -4.24. The summed E-state index contributed by atoms with van der Waals surface area (Å²) >= 11 is 0. The SMILES string of the molecule is C[C@@H]1CNC[C@](NC(=O)C(NC(=O)OCc2ccccc2)C(F)(F)F)(c2ccc(C#N)c3nccnc23)C1. The monoisotopic (exact) mass is 526 g/mol. The van der Waals surface area contributed by atoms with E-state index in [0.29, 0.717) is 23.2 Å². The molecule has 38 heavy (non-hydrogen) atoms. The Balaban J connectivity index is 1.64. The molecule has 0 bridgehead atoms. The van der Waals surface area contributed by atoms with E-state index in [0.717, 1.165) is 0 Å². The van der Waals surface area contributed by atoms with Crippen LogP contribution >= 0.6 is 0 Å². The molecule has 2 heterocycles. The summed E-state index contributed by atoms with van der Waals surface area (Å²) in [4.78, 5) is 34.0. The highest BCUT2D eigenvalue weighted by Crippen LogP contribution is 2.36. The largest absolute Gasteiger partial charge is 0.445 e. The standard InChI is InChI=1S/C26H25F3N6O3/c1-16-11-25(15-31-13-16,19-8-7-18(12-30)20-21(19)33-10-9-32-20)35-23(36)22(26(27,28)29)34-24(37)38-14-17-5-3-2-4-6-17/h2-10,16,22,31H,11,13-15H2,1H3,(H,34,37)(H,35,36)/t16-,22?,25-/m0/s1. The third-order valence-corrected chi connectivity index (χ3v) is 6.30. The minimum Gasteiger partial charge on any atom is -0.445 e. The molecule has 1 aliphatic heterocycles. The number of amides is 2. The fraction of sp³-hybridized carbons (Fsp3) is 0.346. The number of ether oxygens (including phenoxy) is 1. The van der Waals surface area contributed by atoms with Crippen molar-refractivity contribution < 1.29 is 27.5 Å². The lowest BCUT2D eigenvalue weighted by Gasteiger charge is -2.42. The number of piperidine rings is 1. The van der Waals surface area contributed by atoms with Crippen molar-refractivity contribution >= 4 is 23.0 Å². The third kappa shape index (κ3) is 5.84. The van der Waals surface area contributed by atoms with Crippen molar-refractivity contribution in [1.82, 2.24) is 25.9 Å². The quantitative estimate of drug-likeness (QED) is 0.450. The molecule has 198 valence electrons. The van der Waals surface area contributed by atoms with E-state index in [1.807, 2.05) is 13.0 Å². The topological polar surface area (TPSA) is 129 Å². The van der Waals surface area contributed by atoms with Crippen LogP contribution in [0.4, 0.5) is 18.0 Å². The van der Waals surface area contributed by atoms with E-state index in [2.05, 4.69) is 20.6 Å². The van der Waals surface area contributed by atoms with Gasteiger partial charge in [0, 0.05) is 24.5 Å². The molecule has 1 aromatic heterocycles. The van der Waals surface area contributed by atoms with Crippen molar-refractivity contribution in [2.75, 3.05) is 13.1 Å². The average Bonchev–Trinajstić information content (AvgIpc) is 2.89. The van der Waals surface area contributed by atoms with Crippen LogP contribution in [-0.2, 0) is 21.7 Å². The summed E-state index contributed by atoms with van der Waals surface area (Å²) in [5.74, 6) is -1.48. The number of halogens is 3. The summed E-state index contributed by atoms with van der Waals surface area (Å²) in [5.41, 5.74) is 0.475. The average molecular weight is 527 g/mol. The third-order valence-electron chi connectivity index (χ3n) is 6.30. The zero-order chi connectivity index (χ0) is 27.3. The Morgan fingerprint density at radius 3 is 2.55 bits per heavy atom. The number of aromatic nitrogens is 2. The Bertz CT molecular complexity index is 1360.